The van der Waals surface area contributed by atoms with E-state index in [2.05, 4.69) is 12.1 Å². The van der Waals surface area contributed by atoms with Crippen molar-refractivity contribution in [2.45, 2.75) is 19.4 Å². The predicted molar refractivity (Wildman–Crippen MR) is 61.7 cm³/mol. The second-order valence-electron chi connectivity index (χ2n) is 3.69. The first-order valence-corrected chi connectivity index (χ1v) is 5.33. The summed E-state index contributed by atoms with van der Waals surface area (Å²) in [5.41, 5.74) is 1.22. The highest BCUT2D eigenvalue weighted by atomic mass is 16.6. The first-order valence-electron chi connectivity index (χ1n) is 5.33. The fourth-order valence-corrected chi connectivity index (χ4v) is 1.67. The van der Waals surface area contributed by atoms with Crippen LogP contribution in [-0.4, -0.2) is 33.7 Å². The first kappa shape index (κ1) is 13.0. The number of benzene rings is 1. The summed E-state index contributed by atoms with van der Waals surface area (Å²) in [5.74, 6) is 0.295. The topological polar surface area (TPSA) is 77.8 Å². The molecule has 1 heterocycles. The summed E-state index contributed by atoms with van der Waals surface area (Å²) < 4.78 is 0. The van der Waals surface area contributed by atoms with E-state index in [1.165, 1.54) is 5.56 Å². The lowest BCUT2D eigenvalue weighted by atomic mass is 10.2. The Hall–Kier alpha value is -2.04. The normalized spacial score (nSPS) is 14.1. The first-order chi connectivity index (χ1) is 8.09. The van der Waals surface area contributed by atoms with E-state index in [9.17, 15) is 4.79 Å². The van der Waals surface area contributed by atoms with Gasteiger partial charge in [-0.3, -0.25) is 4.79 Å². The number of carbonyl (C=O) groups excluding carboxylic acids is 1. The molecular formula is C12H15NO4. The van der Waals surface area contributed by atoms with E-state index in [-0.39, 0.29) is 0 Å². The van der Waals surface area contributed by atoms with Gasteiger partial charge in [-0.2, -0.15) is 0 Å². The standard InChI is InChI=1S/C11H13NO.CH2O3/c13-11-7-4-8-12(11)9-10-5-2-1-3-6-10;2-1(3)4/h1-3,5-6H,4,7-9H2;(H2,2,3,4). The molecule has 2 N–H and O–H groups in total. The van der Waals surface area contributed by atoms with E-state index in [0.29, 0.717) is 5.91 Å². The average molecular weight is 237 g/mol. The van der Waals surface area contributed by atoms with Crippen molar-refractivity contribution in [1.29, 1.82) is 0 Å². The summed E-state index contributed by atoms with van der Waals surface area (Å²) in [4.78, 5) is 21.8. The lowest BCUT2D eigenvalue weighted by Crippen LogP contribution is -2.23. The van der Waals surface area contributed by atoms with Crippen molar-refractivity contribution in [1.82, 2.24) is 4.90 Å². The summed E-state index contributed by atoms with van der Waals surface area (Å²) in [7, 11) is 0. The minimum absolute atomic E-state index is 0.295. The van der Waals surface area contributed by atoms with Crippen LogP contribution in [0.3, 0.4) is 0 Å². The van der Waals surface area contributed by atoms with Crippen molar-refractivity contribution in [3.63, 3.8) is 0 Å². The summed E-state index contributed by atoms with van der Waals surface area (Å²) in [5, 5.41) is 13.9. The van der Waals surface area contributed by atoms with Crippen molar-refractivity contribution in [2.24, 2.45) is 0 Å². The van der Waals surface area contributed by atoms with Gasteiger partial charge in [-0.15, -0.1) is 0 Å². The molecule has 0 bridgehead atoms. The minimum Gasteiger partial charge on any atom is -0.450 e. The molecule has 0 saturated carbocycles. The van der Waals surface area contributed by atoms with Gasteiger partial charge in [-0.1, -0.05) is 30.3 Å². The minimum atomic E-state index is -1.83. The third-order valence-corrected chi connectivity index (χ3v) is 2.39. The molecule has 1 aliphatic heterocycles. The number of likely N-dealkylation sites (tertiary alicyclic amines) is 1. The van der Waals surface area contributed by atoms with Crippen LogP contribution >= 0.6 is 0 Å². The van der Waals surface area contributed by atoms with Crippen LogP contribution in [0.1, 0.15) is 18.4 Å². The van der Waals surface area contributed by atoms with Crippen LogP contribution in [0.4, 0.5) is 4.79 Å². The molecule has 0 spiro atoms. The van der Waals surface area contributed by atoms with Crippen molar-refractivity contribution in [3.8, 4) is 0 Å². The number of hydrogen-bond acceptors (Lipinski definition) is 2. The molecule has 0 atom stereocenters. The fraction of sp³-hybridized carbons (Fsp3) is 0.333. The second kappa shape index (κ2) is 6.52. The molecule has 1 aromatic carbocycles. The van der Waals surface area contributed by atoms with E-state index in [4.69, 9.17) is 15.0 Å². The number of nitrogens with zero attached hydrogens (tertiary/aromatic N) is 1. The van der Waals surface area contributed by atoms with E-state index in [1.54, 1.807) is 0 Å². The summed E-state index contributed by atoms with van der Waals surface area (Å²) in [6, 6.07) is 10.1. The summed E-state index contributed by atoms with van der Waals surface area (Å²) in [6.45, 7) is 1.70. The molecule has 0 radical (unpaired) electrons. The molecule has 2 rings (SSSR count). The zero-order valence-corrected chi connectivity index (χ0v) is 9.37. The average Bonchev–Trinajstić information content (AvgIpc) is 2.65. The van der Waals surface area contributed by atoms with Crippen LogP contribution in [0.25, 0.3) is 0 Å². The van der Waals surface area contributed by atoms with Crippen LogP contribution < -0.4 is 0 Å². The molecule has 1 aliphatic rings. The van der Waals surface area contributed by atoms with Gasteiger partial charge in [0.05, 0.1) is 0 Å². The van der Waals surface area contributed by atoms with Gasteiger partial charge in [0.2, 0.25) is 5.91 Å². The maximum atomic E-state index is 11.3. The number of carboxylic acid groups (broad SMARTS) is 2. The molecule has 5 heteroatoms. The van der Waals surface area contributed by atoms with Crippen LogP contribution in [0.15, 0.2) is 30.3 Å². The molecule has 5 nitrogen and oxygen atoms in total. The van der Waals surface area contributed by atoms with Crippen LogP contribution in [0.2, 0.25) is 0 Å². The Morgan fingerprint density at radius 2 is 1.82 bits per heavy atom. The second-order valence-corrected chi connectivity index (χ2v) is 3.69. The quantitative estimate of drug-likeness (QED) is 0.825. The molecule has 0 unspecified atom stereocenters. The Kier molecular flexibility index (Phi) is 5.00. The molecule has 0 aliphatic carbocycles. The SMILES string of the molecule is O=C(O)O.O=C1CCCN1Cc1ccccc1. The smallest absolute Gasteiger partial charge is 0.450 e. The molecular weight excluding hydrogens is 222 g/mol. The Bertz CT molecular complexity index is 373. The third-order valence-electron chi connectivity index (χ3n) is 2.39. The Labute approximate surface area is 99.3 Å². The fourth-order valence-electron chi connectivity index (χ4n) is 1.67. The lowest BCUT2D eigenvalue weighted by molar-refractivity contribution is -0.128. The zero-order chi connectivity index (χ0) is 12.7. The third kappa shape index (κ3) is 5.01. The zero-order valence-electron chi connectivity index (χ0n) is 9.37. The Morgan fingerprint density at radius 3 is 2.29 bits per heavy atom. The largest absolute Gasteiger partial charge is 0.503 e. The molecule has 1 aromatic rings. The molecule has 17 heavy (non-hydrogen) atoms. The monoisotopic (exact) mass is 237 g/mol. The van der Waals surface area contributed by atoms with Crippen molar-refractivity contribution in [3.05, 3.63) is 35.9 Å². The van der Waals surface area contributed by atoms with Crippen LogP contribution in [-0.2, 0) is 11.3 Å². The number of rotatable bonds is 2. The Balaban J connectivity index is 0.000000317. The van der Waals surface area contributed by atoms with Crippen molar-refractivity contribution >= 4 is 12.1 Å². The highest BCUT2D eigenvalue weighted by Crippen LogP contribution is 2.13. The maximum absolute atomic E-state index is 11.3. The molecule has 92 valence electrons. The van der Waals surface area contributed by atoms with Crippen molar-refractivity contribution < 1.29 is 19.8 Å². The summed E-state index contributed by atoms with van der Waals surface area (Å²) in [6.07, 6.45) is -0.0848. The van der Waals surface area contributed by atoms with E-state index in [0.717, 1.165) is 25.9 Å². The van der Waals surface area contributed by atoms with Gasteiger partial charge >= 0.3 is 6.16 Å². The number of hydrogen-bond donors (Lipinski definition) is 2. The molecule has 1 saturated heterocycles. The molecule has 1 fully saturated rings. The van der Waals surface area contributed by atoms with Gasteiger partial charge in [-0.05, 0) is 12.0 Å². The van der Waals surface area contributed by atoms with E-state index >= 15 is 0 Å². The van der Waals surface area contributed by atoms with Crippen molar-refractivity contribution in [2.75, 3.05) is 6.54 Å². The highest BCUT2D eigenvalue weighted by molar-refractivity contribution is 5.78. The Morgan fingerprint density at radius 1 is 1.24 bits per heavy atom. The van der Waals surface area contributed by atoms with Gasteiger partial charge in [0, 0.05) is 19.5 Å². The summed E-state index contributed by atoms with van der Waals surface area (Å²) >= 11 is 0. The lowest BCUT2D eigenvalue weighted by Gasteiger charge is -2.14. The highest BCUT2D eigenvalue weighted by Gasteiger charge is 2.19. The number of carbonyl (C=O) groups is 2. The van der Waals surface area contributed by atoms with Gasteiger partial charge in [0.15, 0.2) is 0 Å². The van der Waals surface area contributed by atoms with Gasteiger partial charge < -0.3 is 15.1 Å². The van der Waals surface area contributed by atoms with Gasteiger partial charge in [0.25, 0.3) is 0 Å². The molecule has 1 amide bonds. The molecule has 0 aromatic heterocycles. The van der Waals surface area contributed by atoms with Gasteiger partial charge in [-0.25, -0.2) is 4.79 Å². The predicted octanol–water partition coefficient (Wildman–Crippen LogP) is 2.03. The maximum Gasteiger partial charge on any atom is 0.503 e. The van der Waals surface area contributed by atoms with E-state index in [1.807, 2.05) is 23.1 Å². The van der Waals surface area contributed by atoms with Crippen LogP contribution in [0, 0.1) is 0 Å². The number of amides is 1. The van der Waals surface area contributed by atoms with Crippen LogP contribution in [0.5, 0.6) is 0 Å². The van der Waals surface area contributed by atoms with E-state index < -0.39 is 6.16 Å². The van der Waals surface area contributed by atoms with Gasteiger partial charge in [0.1, 0.15) is 0 Å².